The minimum absolute atomic E-state index is 0.108. The van der Waals surface area contributed by atoms with Crippen molar-refractivity contribution >= 4 is 11.8 Å². The number of carboxylic acids is 1. The Hall–Kier alpha value is -3.66. The number of pyridine rings is 1. The van der Waals surface area contributed by atoms with Crippen LogP contribution in [0.1, 0.15) is 15.9 Å². The largest absolute Gasteiger partial charge is 0.478 e. The van der Waals surface area contributed by atoms with Crippen molar-refractivity contribution in [1.29, 1.82) is 5.26 Å². The molecule has 0 saturated heterocycles. The van der Waals surface area contributed by atoms with Gasteiger partial charge in [-0.1, -0.05) is 12.1 Å². The van der Waals surface area contributed by atoms with E-state index in [2.05, 4.69) is 15.0 Å². The number of nitrogens with zero attached hydrogens (tertiary/aromatic N) is 3. The van der Waals surface area contributed by atoms with E-state index in [-0.39, 0.29) is 16.9 Å². The molecule has 3 rings (SSSR count). The van der Waals surface area contributed by atoms with Crippen LogP contribution < -0.4 is 5.73 Å². The molecule has 7 nitrogen and oxygen atoms in total. The highest BCUT2D eigenvalue weighted by Crippen LogP contribution is 2.29. The summed E-state index contributed by atoms with van der Waals surface area (Å²) in [5.74, 6) is -0.890. The summed E-state index contributed by atoms with van der Waals surface area (Å²) < 4.78 is 0. The summed E-state index contributed by atoms with van der Waals surface area (Å²) in [6, 6.07) is 10.0. The van der Waals surface area contributed by atoms with Crippen molar-refractivity contribution < 1.29 is 9.90 Å². The van der Waals surface area contributed by atoms with Gasteiger partial charge in [0.25, 0.3) is 0 Å². The van der Waals surface area contributed by atoms with Crippen LogP contribution in [0.5, 0.6) is 0 Å². The molecule has 1 aromatic carbocycles. The molecule has 2 aromatic heterocycles. The van der Waals surface area contributed by atoms with Gasteiger partial charge in [-0.05, 0) is 18.2 Å². The van der Waals surface area contributed by atoms with Gasteiger partial charge in [0.2, 0.25) is 0 Å². The number of aromatic carboxylic acids is 1. The van der Waals surface area contributed by atoms with E-state index in [0.29, 0.717) is 22.5 Å². The number of hydrogen-bond donors (Lipinski definition) is 3. The molecule has 0 amide bonds. The lowest BCUT2D eigenvalue weighted by Gasteiger charge is -2.09. The number of benzene rings is 1. The molecule has 112 valence electrons. The number of aromatic nitrogens is 3. The zero-order valence-corrected chi connectivity index (χ0v) is 11.8. The van der Waals surface area contributed by atoms with Crippen molar-refractivity contribution in [2.45, 2.75) is 0 Å². The Bertz CT molecular complexity index is 909. The van der Waals surface area contributed by atoms with Crippen LogP contribution in [0.3, 0.4) is 0 Å². The van der Waals surface area contributed by atoms with Crippen LogP contribution >= 0.6 is 0 Å². The molecule has 0 spiro atoms. The monoisotopic (exact) mass is 305 g/mol. The van der Waals surface area contributed by atoms with E-state index >= 15 is 0 Å². The third-order valence-corrected chi connectivity index (χ3v) is 3.38. The van der Waals surface area contributed by atoms with Crippen molar-refractivity contribution in [1.82, 2.24) is 15.0 Å². The minimum atomic E-state index is -0.998. The first kappa shape index (κ1) is 14.3. The van der Waals surface area contributed by atoms with E-state index < -0.39 is 5.97 Å². The number of rotatable bonds is 3. The zero-order valence-electron chi connectivity index (χ0n) is 11.8. The van der Waals surface area contributed by atoms with Crippen molar-refractivity contribution in [2.75, 3.05) is 5.73 Å². The van der Waals surface area contributed by atoms with Crippen LogP contribution in [-0.2, 0) is 0 Å². The van der Waals surface area contributed by atoms with Crippen LogP contribution in [0.25, 0.3) is 22.5 Å². The predicted octanol–water partition coefficient (Wildman–Crippen LogP) is 2.29. The van der Waals surface area contributed by atoms with Crippen LogP contribution in [0, 0.1) is 11.3 Å². The second-order valence-corrected chi connectivity index (χ2v) is 4.77. The fourth-order valence-corrected chi connectivity index (χ4v) is 2.23. The maximum Gasteiger partial charge on any atom is 0.335 e. The van der Waals surface area contributed by atoms with E-state index in [1.54, 1.807) is 24.4 Å². The second-order valence-electron chi connectivity index (χ2n) is 4.77. The lowest BCUT2D eigenvalue weighted by atomic mass is 10.0. The number of imidazole rings is 1. The van der Waals surface area contributed by atoms with Gasteiger partial charge in [0.15, 0.2) is 0 Å². The highest BCUT2D eigenvalue weighted by molar-refractivity contribution is 5.88. The van der Waals surface area contributed by atoms with Gasteiger partial charge < -0.3 is 15.8 Å². The van der Waals surface area contributed by atoms with Crippen LogP contribution in [0.15, 0.2) is 42.9 Å². The maximum absolute atomic E-state index is 10.9. The predicted molar refractivity (Wildman–Crippen MR) is 83.3 cm³/mol. The molecule has 0 unspecified atom stereocenters. The van der Waals surface area contributed by atoms with Crippen LogP contribution in [0.2, 0.25) is 0 Å². The second kappa shape index (κ2) is 5.61. The summed E-state index contributed by atoms with van der Waals surface area (Å²) in [6.45, 7) is 0. The van der Waals surface area contributed by atoms with Gasteiger partial charge in [0, 0.05) is 11.1 Å². The molecule has 0 saturated carbocycles. The molecule has 0 atom stereocenters. The van der Waals surface area contributed by atoms with Gasteiger partial charge in [-0.2, -0.15) is 5.26 Å². The third kappa shape index (κ3) is 2.61. The molecule has 0 aliphatic rings. The first-order chi connectivity index (χ1) is 11.1. The first-order valence-corrected chi connectivity index (χ1v) is 6.63. The molecule has 0 radical (unpaired) electrons. The highest BCUT2D eigenvalue weighted by Gasteiger charge is 2.14. The Balaban J connectivity index is 2.14. The molecule has 4 N–H and O–H groups in total. The third-order valence-electron chi connectivity index (χ3n) is 3.38. The smallest absolute Gasteiger partial charge is 0.335 e. The fourth-order valence-electron chi connectivity index (χ4n) is 2.23. The van der Waals surface area contributed by atoms with Gasteiger partial charge in [0.05, 0.1) is 29.5 Å². The fraction of sp³-hybridized carbons (Fsp3) is 0. The SMILES string of the molecule is N#Cc1c(-c2cnc[nH]2)cc(-c2ccc(C(=O)O)cc2)nc1N. The van der Waals surface area contributed by atoms with Crippen molar-refractivity contribution in [3.05, 3.63) is 54.0 Å². The molecular formula is C16H11N5O2. The Morgan fingerprint density at radius 2 is 2.04 bits per heavy atom. The number of H-pyrrole nitrogens is 1. The number of nitrogens with two attached hydrogens (primary N) is 1. The molecule has 0 aliphatic heterocycles. The van der Waals surface area contributed by atoms with E-state index in [1.807, 2.05) is 6.07 Å². The normalized spacial score (nSPS) is 10.2. The lowest BCUT2D eigenvalue weighted by Crippen LogP contribution is -2.00. The van der Waals surface area contributed by atoms with Gasteiger partial charge in [-0.15, -0.1) is 0 Å². The summed E-state index contributed by atoms with van der Waals surface area (Å²) in [7, 11) is 0. The van der Waals surface area contributed by atoms with Crippen LogP contribution in [0.4, 0.5) is 5.82 Å². The number of nitrogens with one attached hydrogen (secondary N) is 1. The average Bonchev–Trinajstić information content (AvgIpc) is 3.08. The van der Waals surface area contributed by atoms with Gasteiger partial charge in [-0.3, -0.25) is 0 Å². The quantitative estimate of drug-likeness (QED) is 0.681. The number of carboxylic acid groups (broad SMARTS) is 1. The van der Waals surface area contributed by atoms with E-state index in [1.165, 1.54) is 18.5 Å². The summed E-state index contributed by atoms with van der Waals surface area (Å²) in [5.41, 5.74) is 8.83. The molecule has 0 bridgehead atoms. The number of anilines is 1. The van der Waals surface area contributed by atoms with Gasteiger partial charge in [-0.25, -0.2) is 14.8 Å². The Morgan fingerprint density at radius 1 is 1.30 bits per heavy atom. The standard InChI is InChI=1S/C16H11N5O2/c17-6-12-11(14-7-19-8-20-14)5-13(21-15(12)18)9-1-3-10(4-2-9)16(22)23/h1-5,7-8H,(H2,18,21)(H,19,20)(H,22,23). The molecule has 2 heterocycles. The maximum atomic E-state index is 10.9. The van der Waals surface area contributed by atoms with Crippen molar-refractivity contribution in [2.24, 2.45) is 0 Å². The summed E-state index contributed by atoms with van der Waals surface area (Å²) >= 11 is 0. The van der Waals surface area contributed by atoms with E-state index in [0.717, 1.165) is 0 Å². The zero-order chi connectivity index (χ0) is 16.4. The topological polar surface area (TPSA) is 129 Å². The highest BCUT2D eigenvalue weighted by atomic mass is 16.4. The molecular weight excluding hydrogens is 294 g/mol. The van der Waals surface area contributed by atoms with Gasteiger partial charge >= 0.3 is 5.97 Å². The first-order valence-electron chi connectivity index (χ1n) is 6.63. The van der Waals surface area contributed by atoms with E-state index in [4.69, 9.17) is 10.8 Å². The molecule has 3 aromatic rings. The Kier molecular flexibility index (Phi) is 3.49. The Labute approximate surface area is 131 Å². The number of carbonyl (C=O) groups is 1. The summed E-state index contributed by atoms with van der Waals surface area (Å²) in [5, 5.41) is 18.2. The Morgan fingerprint density at radius 3 is 2.61 bits per heavy atom. The lowest BCUT2D eigenvalue weighted by molar-refractivity contribution is 0.0697. The molecule has 0 aliphatic carbocycles. The molecule has 23 heavy (non-hydrogen) atoms. The van der Waals surface area contributed by atoms with Crippen molar-refractivity contribution in [3.8, 4) is 28.6 Å². The minimum Gasteiger partial charge on any atom is -0.478 e. The van der Waals surface area contributed by atoms with Gasteiger partial charge in [0.1, 0.15) is 17.5 Å². The summed E-state index contributed by atoms with van der Waals surface area (Å²) in [6.07, 6.45) is 3.10. The average molecular weight is 305 g/mol. The van der Waals surface area contributed by atoms with Crippen molar-refractivity contribution in [3.63, 3.8) is 0 Å². The van der Waals surface area contributed by atoms with Crippen LogP contribution in [-0.4, -0.2) is 26.0 Å². The number of nitriles is 1. The number of hydrogen-bond acceptors (Lipinski definition) is 5. The number of aromatic amines is 1. The number of nitrogen functional groups attached to an aromatic ring is 1. The summed E-state index contributed by atoms with van der Waals surface area (Å²) in [4.78, 5) is 22.0. The molecule has 7 heteroatoms. The van der Waals surface area contributed by atoms with E-state index in [9.17, 15) is 10.1 Å². The molecule has 0 fully saturated rings.